The molecule has 0 aliphatic rings. The number of rotatable bonds is 10. The summed E-state index contributed by atoms with van der Waals surface area (Å²) in [6, 6.07) is -0.137. The van der Waals surface area contributed by atoms with E-state index in [1.54, 1.807) is 20.8 Å². The number of amides is 1. The molecule has 0 fully saturated rings. The first-order chi connectivity index (χ1) is 18.6. The Morgan fingerprint density at radius 1 is 0.976 bits per heavy atom. The van der Waals surface area contributed by atoms with Gasteiger partial charge in [-0.05, 0) is 38.9 Å². The number of aromatic nitrogens is 3. The van der Waals surface area contributed by atoms with Crippen molar-refractivity contribution in [3.05, 3.63) is 29.9 Å². The molecule has 0 bridgehead atoms. The quantitative estimate of drug-likeness (QED) is 0.236. The summed E-state index contributed by atoms with van der Waals surface area (Å²) in [7, 11) is -3.87. The molecule has 1 atom stereocenters. The second-order valence-corrected chi connectivity index (χ2v) is 24.0. The van der Waals surface area contributed by atoms with Gasteiger partial charge in [0.15, 0.2) is 25.4 Å². The van der Waals surface area contributed by atoms with Crippen LogP contribution in [0.25, 0.3) is 23.2 Å². The van der Waals surface area contributed by atoms with Crippen LogP contribution in [0.1, 0.15) is 69.7 Å². The molecular formula is C27H42N4O8Si2. The summed E-state index contributed by atoms with van der Waals surface area (Å²) in [5.74, 6) is -0.297. The molecule has 0 aliphatic heterocycles. The smallest absolute Gasteiger partial charge is 0.408 e. The van der Waals surface area contributed by atoms with E-state index >= 15 is 0 Å². The highest BCUT2D eigenvalue weighted by Crippen LogP contribution is 2.37. The fourth-order valence-corrected chi connectivity index (χ4v) is 5.61. The number of carbonyl (C=O) groups excluding carboxylic acids is 1. The van der Waals surface area contributed by atoms with Crippen molar-refractivity contribution in [2.45, 2.75) is 97.0 Å². The number of nitrogens with one attached hydrogen (secondary N) is 1. The van der Waals surface area contributed by atoms with Crippen molar-refractivity contribution in [3.63, 3.8) is 0 Å². The fourth-order valence-electron chi connectivity index (χ4n) is 3.39. The summed E-state index contributed by atoms with van der Waals surface area (Å²) in [6.07, 6.45) is 1.82. The molecule has 0 radical (unpaired) electrons. The van der Waals surface area contributed by atoms with E-state index in [2.05, 4.69) is 73.8 Å². The molecule has 226 valence electrons. The average Bonchev–Trinajstić information content (AvgIpc) is 3.52. The predicted octanol–water partition coefficient (Wildman–Crippen LogP) is 6.69. The number of hydrogen-bond acceptors (Lipinski definition) is 10. The van der Waals surface area contributed by atoms with Crippen LogP contribution in [0.5, 0.6) is 0 Å². The molecule has 0 saturated heterocycles. The van der Waals surface area contributed by atoms with E-state index in [0.717, 1.165) is 6.26 Å². The maximum atomic E-state index is 12.7. The second kappa shape index (κ2) is 11.6. The molecule has 0 aromatic carbocycles. The van der Waals surface area contributed by atoms with Crippen LogP contribution in [0.4, 0.5) is 4.79 Å². The Morgan fingerprint density at radius 3 is 2.17 bits per heavy atom. The molecular weight excluding hydrogens is 564 g/mol. The Labute approximate surface area is 242 Å². The maximum Gasteiger partial charge on any atom is 0.408 e. The van der Waals surface area contributed by atoms with E-state index in [4.69, 9.17) is 22.4 Å². The highest BCUT2D eigenvalue weighted by Gasteiger charge is 2.39. The minimum atomic E-state index is -2.17. The van der Waals surface area contributed by atoms with Crippen molar-refractivity contribution < 1.29 is 37.1 Å². The third-order valence-corrected chi connectivity index (χ3v) is 12.3. The van der Waals surface area contributed by atoms with Gasteiger partial charge < -0.3 is 32.8 Å². The van der Waals surface area contributed by atoms with Crippen LogP contribution in [0.3, 0.4) is 0 Å². The number of carbonyl (C=O) groups is 2. The van der Waals surface area contributed by atoms with Gasteiger partial charge in [-0.15, -0.1) is 0 Å². The summed E-state index contributed by atoms with van der Waals surface area (Å²) < 4.78 is 29.2. The Morgan fingerprint density at radius 2 is 1.63 bits per heavy atom. The van der Waals surface area contributed by atoms with Gasteiger partial charge >= 0.3 is 12.1 Å². The molecule has 2 N–H and O–H groups in total. The van der Waals surface area contributed by atoms with Crippen molar-refractivity contribution >= 4 is 28.5 Å². The van der Waals surface area contributed by atoms with E-state index in [1.807, 2.05) is 0 Å². The SMILES string of the molecule is CC(C)(C)OC(=O)NC(CO[Si](C)(C)C(C)(C)C)c1nc(-c2nc(-c3nc(C(=O)O)co3)c(C[Si](C)(C)C)o2)co1. The molecule has 41 heavy (non-hydrogen) atoms. The van der Waals surface area contributed by atoms with Gasteiger partial charge in [0.25, 0.3) is 0 Å². The molecule has 0 aliphatic carbocycles. The van der Waals surface area contributed by atoms with Crippen molar-refractivity contribution in [1.82, 2.24) is 20.3 Å². The van der Waals surface area contributed by atoms with Gasteiger partial charge in [-0.3, -0.25) is 0 Å². The molecule has 3 aromatic rings. The molecule has 3 rings (SSSR count). The molecule has 1 unspecified atom stereocenters. The van der Waals surface area contributed by atoms with Crippen LogP contribution in [0.15, 0.2) is 25.8 Å². The highest BCUT2D eigenvalue weighted by molar-refractivity contribution is 6.75. The number of carboxylic acids is 1. The van der Waals surface area contributed by atoms with Gasteiger partial charge in [0.2, 0.25) is 17.7 Å². The molecule has 14 heteroatoms. The molecule has 1 amide bonds. The number of alkyl carbamates (subject to hydrolysis) is 1. The summed E-state index contributed by atoms with van der Waals surface area (Å²) in [5.41, 5.74) is -0.330. The zero-order valence-corrected chi connectivity index (χ0v) is 27.8. The maximum absolute atomic E-state index is 12.7. The van der Waals surface area contributed by atoms with Gasteiger partial charge in [0.1, 0.15) is 29.9 Å². The van der Waals surface area contributed by atoms with Crippen LogP contribution in [-0.2, 0) is 15.2 Å². The summed E-state index contributed by atoms with van der Waals surface area (Å²) in [5, 5.41) is 12.0. The van der Waals surface area contributed by atoms with Crippen molar-refractivity contribution in [2.24, 2.45) is 0 Å². The lowest BCUT2D eigenvalue weighted by atomic mass is 10.2. The Kier molecular flexibility index (Phi) is 9.11. The van der Waals surface area contributed by atoms with E-state index < -0.39 is 40.1 Å². The number of oxazole rings is 3. The van der Waals surface area contributed by atoms with Gasteiger partial charge in [0, 0.05) is 6.04 Å². The third kappa shape index (κ3) is 8.63. The van der Waals surface area contributed by atoms with E-state index in [-0.39, 0.29) is 40.7 Å². The van der Waals surface area contributed by atoms with Crippen LogP contribution < -0.4 is 5.32 Å². The molecule has 0 spiro atoms. The van der Waals surface area contributed by atoms with Crippen LogP contribution in [-0.4, -0.2) is 60.7 Å². The molecule has 12 nitrogen and oxygen atoms in total. The lowest BCUT2D eigenvalue weighted by Gasteiger charge is -2.37. The van der Waals surface area contributed by atoms with Crippen molar-refractivity contribution in [1.29, 1.82) is 0 Å². The Bertz CT molecular complexity index is 1370. The first-order valence-corrected chi connectivity index (χ1v) is 20.0. The van der Waals surface area contributed by atoms with E-state index in [1.165, 1.54) is 6.26 Å². The van der Waals surface area contributed by atoms with Gasteiger partial charge in [-0.2, -0.15) is 0 Å². The Balaban J connectivity index is 1.97. The summed E-state index contributed by atoms with van der Waals surface area (Å²) in [6.45, 7) is 22.6. The van der Waals surface area contributed by atoms with Gasteiger partial charge in [-0.25, -0.2) is 24.5 Å². The van der Waals surface area contributed by atoms with Gasteiger partial charge in [0.05, 0.1) is 14.7 Å². The zero-order valence-electron chi connectivity index (χ0n) is 25.8. The first-order valence-electron chi connectivity index (χ1n) is 13.4. The Hall–Kier alpha value is -3.24. The van der Waals surface area contributed by atoms with Crippen molar-refractivity contribution in [3.8, 4) is 23.2 Å². The standard InChI is InChI=1S/C27H42N4O8Si2/c1-26(2,3)39-25(34)30-17(14-37-41(10,11)27(4,5)6)21-28-16(12-35-21)22-31-20(19(38-22)15-40(7,8)9)23-29-18(13-36-23)24(32)33/h12-13,17H,14-15H2,1-11H3,(H,30,34)(H,32,33). The number of carboxylic acid groups (broad SMARTS) is 1. The number of ether oxygens (including phenoxy) is 1. The van der Waals surface area contributed by atoms with Crippen LogP contribution >= 0.6 is 0 Å². The third-order valence-electron chi connectivity index (χ3n) is 6.46. The predicted molar refractivity (Wildman–Crippen MR) is 157 cm³/mol. The largest absolute Gasteiger partial charge is 0.476 e. The topological polar surface area (TPSA) is 163 Å². The monoisotopic (exact) mass is 606 g/mol. The summed E-state index contributed by atoms with van der Waals surface area (Å²) in [4.78, 5) is 37.2. The molecule has 3 heterocycles. The average molecular weight is 607 g/mol. The fraction of sp³-hybridized carbons (Fsp3) is 0.593. The number of nitrogens with zero attached hydrogens (tertiary/aromatic N) is 3. The van der Waals surface area contributed by atoms with Crippen molar-refractivity contribution in [2.75, 3.05) is 6.61 Å². The number of aromatic carboxylic acids is 1. The highest BCUT2D eigenvalue weighted by atomic mass is 28.4. The van der Waals surface area contributed by atoms with E-state index in [0.29, 0.717) is 17.5 Å². The van der Waals surface area contributed by atoms with E-state index in [9.17, 15) is 14.7 Å². The molecule has 3 aromatic heterocycles. The first kappa shape index (κ1) is 32.3. The minimum absolute atomic E-state index is 0.0432. The normalized spacial score (nSPS) is 13.7. The van der Waals surface area contributed by atoms with Crippen LogP contribution in [0, 0.1) is 0 Å². The number of hydrogen-bond donors (Lipinski definition) is 2. The lowest BCUT2D eigenvalue weighted by molar-refractivity contribution is 0.0472. The van der Waals surface area contributed by atoms with Crippen LogP contribution in [0.2, 0.25) is 37.8 Å². The summed E-state index contributed by atoms with van der Waals surface area (Å²) >= 11 is 0. The minimum Gasteiger partial charge on any atom is -0.476 e. The second-order valence-electron chi connectivity index (χ2n) is 13.7. The molecule has 0 saturated carbocycles. The zero-order chi connectivity index (χ0) is 31.0. The van der Waals surface area contributed by atoms with Gasteiger partial charge in [-0.1, -0.05) is 40.4 Å². The lowest BCUT2D eigenvalue weighted by Crippen LogP contribution is -2.44.